The third-order valence-corrected chi connectivity index (χ3v) is 5.41. The molecule has 23 heavy (non-hydrogen) atoms. The minimum Gasteiger partial charge on any atom is -0.361 e. The molecule has 2 nitrogen and oxygen atoms in total. The first-order chi connectivity index (χ1) is 11.3. The molecule has 3 heteroatoms. The van der Waals surface area contributed by atoms with Crippen LogP contribution in [0.1, 0.15) is 76.7 Å². The summed E-state index contributed by atoms with van der Waals surface area (Å²) in [4.78, 5) is 4.70. The molecule has 2 aromatic rings. The number of fused-ring (bicyclic) bond motifs is 1. The van der Waals surface area contributed by atoms with Gasteiger partial charge in [-0.2, -0.15) is 0 Å². The number of thiazole rings is 1. The molecule has 0 atom stereocenters. The SMILES string of the molecule is CCCCCCCCCCCCNc1nc2c(C)cccc2s1. The molecule has 128 valence electrons. The molecule has 0 bridgehead atoms. The van der Waals surface area contributed by atoms with Crippen molar-refractivity contribution in [3.05, 3.63) is 23.8 Å². The fourth-order valence-corrected chi connectivity index (χ4v) is 3.94. The molecule has 0 spiro atoms. The maximum absolute atomic E-state index is 4.70. The van der Waals surface area contributed by atoms with Crippen molar-refractivity contribution in [3.63, 3.8) is 0 Å². The highest BCUT2D eigenvalue weighted by Crippen LogP contribution is 2.27. The molecule has 0 amide bonds. The van der Waals surface area contributed by atoms with Gasteiger partial charge in [-0.1, -0.05) is 88.2 Å². The maximum Gasteiger partial charge on any atom is 0.183 e. The van der Waals surface area contributed by atoms with E-state index in [-0.39, 0.29) is 0 Å². The second-order valence-corrected chi connectivity index (χ2v) is 7.58. The average molecular weight is 333 g/mol. The summed E-state index contributed by atoms with van der Waals surface area (Å²) in [6, 6.07) is 6.40. The zero-order valence-corrected chi connectivity index (χ0v) is 15.7. The Balaban J connectivity index is 1.51. The Hall–Kier alpha value is -1.09. The van der Waals surface area contributed by atoms with Crippen molar-refractivity contribution in [2.24, 2.45) is 0 Å². The first-order valence-electron chi connectivity index (χ1n) is 9.41. The number of rotatable bonds is 12. The van der Waals surface area contributed by atoms with E-state index in [4.69, 9.17) is 4.98 Å². The number of hydrogen-bond donors (Lipinski definition) is 1. The molecule has 2 rings (SSSR count). The summed E-state index contributed by atoms with van der Waals surface area (Å²) in [5, 5.41) is 4.57. The second-order valence-electron chi connectivity index (χ2n) is 6.55. The highest BCUT2D eigenvalue weighted by molar-refractivity contribution is 7.22. The Morgan fingerprint density at radius 3 is 2.22 bits per heavy atom. The molecule has 0 saturated carbocycles. The Bertz CT molecular complexity index is 562. The molecule has 1 aromatic heterocycles. The van der Waals surface area contributed by atoms with Crippen molar-refractivity contribution in [2.75, 3.05) is 11.9 Å². The van der Waals surface area contributed by atoms with Crippen LogP contribution in [0.4, 0.5) is 5.13 Å². The fourth-order valence-electron chi connectivity index (χ4n) is 2.97. The van der Waals surface area contributed by atoms with Crippen molar-refractivity contribution in [3.8, 4) is 0 Å². The lowest BCUT2D eigenvalue weighted by molar-refractivity contribution is 0.560. The van der Waals surface area contributed by atoms with Crippen LogP contribution in [0.5, 0.6) is 0 Å². The van der Waals surface area contributed by atoms with Gasteiger partial charge in [0, 0.05) is 6.54 Å². The van der Waals surface area contributed by atoms with E-state index in [0.717, 1.165) is 17.2 Å². The largest absolute Gasteiger partial charge is 0.361 e. The Morgan fingerprint density at radius 1 is 0.913 bits per heavy atom. The van der Waals surface area contributed by atoms with Crippen molar-refractivity contribution in [1.82, 2.24) is 4.98 Å². The topological polar surface area (TPSA) is 24.9 Å². The van der Waals surface area contributed by atoms with Crippen LogP contribution in [0.3, 0.4) is 0 Å². The van der Waals surface area contributed by atoms with Gasteiger partial charge in [-0.3, -0.25) is 0 Å². The van der Waals surface area contributed by atoms with Gasteiger partial charge in [0.15, 0.2) is 5.13 Å². The third-order valence-electron chi connectivity index (χ3n) is 4.43. The number of hydrogen-bond acceptors (Lipinski definition) is 3. The second kappa shape index (κ2) is 10.6. The molecule has 1 heterocycles. The van der Waals surface area contributed by atoms with E-state index >= 15 is 0 Å². The molecular weight excluding hydrogens is 300 g/mol. The monoisotopic (exact) mass is 332 g/mol. The van der Waals surface area contributed by atoms with E-state index in [0.29, 0.717) is 0 Å². The summed E-state index contributed by atoms with van der Waals surface area (Å²) in [5.74, 6) is 0. The van der Waals surface area contributed by atoms with Crippen LogP contribution in [-0.4, -0.2) is 11.5 Å². The smallest absolute Gasteiger partial charge is 0.183 e. The van der Waals surface area contributed by atoms with Gasteiger partial charge in [0.1, 0.15) is 0 Å². The van der Waals surface area contributed by atoms with Crippen LogP contribution in [0, 0.1) is 6.92 Å². The van der Waals surface area contributed by atoms with Crippen molar-refractivity contribution in [2.45, 2.75) is 78.1 Å². The number of anilines is 1. The Labute approximate surface area is 145 Å². The first kappa shape index (κ1) is 18.3. The molecule has 0 radical (unpaired) electrons. The molecule has 0 unspecified atom stereocenters. The average Bonchev–Trinajstić information content (AvgIpc) is 2.97. The zero-order chi connectivity index (χ0) is 16.3. The minimum absolute atomic E-state index is 1.05. The molecule has 0 fully saturated rings. The minimum atomic E-state index is 1.05. The lowest BCUT2D eigenvalue weighted by atomic mass is 10.1. The molecule has 1 N–H and O–H groups in total. The van der Waals surface area contributed by atoms with E-state index in [1.807, 2.05) is 0 Å². The number of nitrogens with zero attached hydrogens (tertiary/aromatic N) is 1. The molecule has 0 saturated heterocycles. The van der Waals surface area contributed by atoms with Gasteiger partial charge in [-0.25, -0.2) is 4.98 Å². The summed E-state index contributed by atoms with van der Waals surface area (Å²) < 4.78 is 1.29. The van der Waals surface area contributed by atoms with Crippen LogP contribution < -0.4 is 5.32 Å². The van der Waals surface area contributed by atoms with Crippen molar-refractivity contribution < 1.29 is 0 Å². The molecule has 0 aliphatic carbocycles. The van der Waals surface area contributed by atoms with Crippen LogP contribution >= 0.6 is 11.3 Å². The van der Waals surface area contributed by atoms with Gasteiger partial charge in [0.05, 0.1) is 10.2 Å². The van der Waals surface area contributed by atoms with Crippen LogP contribution in [0.25, 0.3) is 10.2 Å². The summed E-state index contributed by atoms with van der Waals surface area (Å²) in [7, 11) is 0. The highest BCUT2D eigenvalue weighted by Gasteiger charge is 2.04. The van der Waals surface area contributed by atoms with Gasteiger partial charge in [0.25, 0.3) is 0 Å². The summed E-state index contributed by atoms with van der Waals surface area (Å²) in [5.41, 5.74) is 2.42. The summed E-state index contributed by atoms with van der Waals surface area (Å²) in [6.07, 6.45) is 13.9. The number of aryl methyl sites for hydroxylation is 1. The third kappa shape index (κ3) is 6.50. The lowest BCUT2D eigenvalue weighted by Gasteiger charge is -2.03. The number of unbranched alkanes of at least 4 members (excludes halogenated alkanes) is 9. The standard InChI is InChI=1S/C20H32N2S/c1-3-4-5-6-7-8-9-10-11-12-16-21-20-22-19-17(2)14-13-15-18(19)23-20/h13-15H,3-12,16H2,1-2H3,(H,21,22). The van der Waals surface area contributed by atoms with Crippen molar-refractivity contribution >= 4 is 26.7 Å². The predicted octanol–water partition coefficient (Wildman–Crippen LogP) is 6.94. The maximum atomic E-state index is 4.70. The van der Waals surface area contributed by atoms with E-state index in [1.54, 1.807) is 11.3 Å². The molecular formula is C20H32N2S. The van der Waals surface area contributed by atoms with Crippen LogP contribution in [0.2, 0.25) is 0 Å². The first-order valence-corrected chi connectivity index (χ1v) is 10.2. The fraction of sp³-hybridized carbons (Fsp3) is 0.650. The van der Waals surface area contributed by atoms with Gasteiger partial charge in [0.2, 0.25) is 0 Å². The number of para-hydroxylation sites is 1. The molecule has 0 aliphatic rings. The Morgan fingerprint density at radius 2 is 1.57 bits per heavy atom. The van der Waals surface area contributed by atoms with Crippen LogP contribution in [-0.2, 0) is 0 Å². The number of nitrogens with one attached hydrogen (secondary N) is 1. The summed E-state index contributed by atoms with van der Waals surface area (Å²) >= 11 is 1.77. The summed E-state index contributed by atoms with van der Waals surface area (Å²) in [6.45, 7) is 5.47. The van der Waals surface area contributed by atoms with E-state index in [2.05, 4.69) is 37.4 Å². The van der Waals surface area contributed by atoms with Gasteiger partial charge in [-0.15, -0.1) is 0 Å². The van der Waals surface area contributed by atoms with Crippen LogP contribution in [0.15, 0.2) is 18.2 Å². The predicted molar refractivity (Wildman–Crippen MR) is 105 cm³/mol. The van der Waals surface area contributed by atoms with Crippen molar-refractivity contribution in [1.29, 1.82) is 0 Å². The van der Waals surface area contributed by atoms with Gasteiger partial charge in [-0.05, 0) is 25.0 Å². The highest BCUT2D eigenvalue weighted by atomic mass is 32.1. The molecule has 0 aliphatic heterocycles. The van der Waals surface area contributed by atoms with Gasteiger partial charge < -0.3 is 5.32 Å². The van der Waals surface area contributed by atoms with Gasteiger partial charge >= 0.3 is 0 Å². The number of aromatic nitrogens is 1. The quantitative estimate of drug-likeness (QED) is 0.426. The zero-order valence-electron chi connectivity index (χ0n) is 14.9. The number of benzene rings is 1. The van der Waals surface area contributed by atoms with E-state index < -0.39 is 0 Å². The normalized spacial score (nSPS) is 11.2. The Kier molecular flexibility index (Phi) is 8.44. The lowest BCUT2D eigenvalue weighted by Crippen LogP contribution is -2.00. The van der Waals surface area contributed by atoms with E-state index in [9.17, 15) is 0 Å². The molecule has 1 aromatic carbocycles. The van der Waals surface area contributed by atoms with E-state index in [1.165, 1.54) is 74.5 Å².